The fourth-order valence-electron chi connectivity index (χ4n) is 0.162. The maximum atomic E-state index is 5.49. The first-order valence-corrected chi connectivity index (χ1v) is 2.78. The van der Waals surface area contributed by atoms with Gasteiger partial charge in [0, 0.05) is 0 Å². The highest BCUT2D eigenvalue weighted by Gasteiger charge is 2.05. The molecule has 0 fully saturated rings. The zero-order valence-corrected chi connectivity index (χ0v) is 5.63. The topological polar surface area (TPSA) is 0 Å². The minimum absolute atomic E-state index is 0.0980. The predicted octanol–water partition coefficient (Wildman–Crippen LogP) is 2.57. The van der Waals surface area contributed by atoms with Crippen LogP contribution in [-0.2, 0) is 0 Å². The number of rotatable bonds is 2. The van der Waals surface area contributed by atoms with Crippen molar-refractivity contribution < 1.29 is 0 Å². The molecule has 0 nitrogen and oxygen atoms in total. The van der Waals surface area contributed by atoms with Crippen LogP contribution < -0.4 is 0 Å². The molecular weight excluding hydrogens is 131 g/mol. The van der Waals surface area contributed by atoms with Crippen LogP contribution in [0.5, 0.6) is 0 Å². The summed E-state index contributed by atoms with van der Waals surface area (Å²) in [5.74, 6) is 0. The second-order valence-electron chi connectivity index (χ2n) is 1.21. The molecule has 1 atom stereocenters. The van der Waals surface area contributed by atoms with Gasteiger partial charge in [-0.2, -0.15) is 0 Å². The van der Waals surface area contributed by atoms with Gasteiger partial charge in [0.25, 0.3) is 0 Å². The Morgan fingerprint density at radius 1 is 1.86 bits per heavy atom. The molecule has 0 aliphatic rings. The highest BCUT2D eigenvalue weighted by molar-refractivity contribution is 6.36. The second-order valence-corrected chi connectivity index (χ2v) is 2.30. The van der Waals surface area contributed by atoms with Crippen LogP contribution in [-0.4, -0.2) is 5.38 Å². The van der Waals surface area contributed by atoms with Crippen molar-refractivity contribution in [2.24, 2.45) is 0 Å². The molecule has 1 unspecified atom stereocenters. The summed E-state index contributed by atoms with van der Waals surface area (Å²) in [4.78, 5) is 0. The molecule has 0 rings (SSSR count). The molecule has 0 heterocycles. The fourth-order valence-corrected chi connectivity index (χ4v) is 0.251. The molecule has 2 heteroatoms. The number of hydrogen-bond donors (Lipinski definition) is 0. The van der Waals surface area contributed by atoms with Crippen LogP contribution in [0.4, 0.5) is 0 Å². The van der Waals surface area contributed by atoms with E-state index in [1.54, 1.807) is 13.0 Å². The van der Waals surface area contributed by atoms with Gasteiger partial charge in [-0.1, -0.05) is 6.08 Å². The first-order valence-electron chi connectivity index (χ1n) is 1.97. The standard InChI is InChI=1S/C5H7Cl2/c1-3-5(7)4(2)6/h3-4H,1H2,2H3. The van der Waals surface area contributed by atoms with Crippen LogP contribution >= 0.6 is 23.2 Å². The third-order valence-corrected chi connectivity index (χ3v) is 1.40. The molecule has 0 spiro atoms. The summed E-state index contributed by atoms with van der Waals surface area (Å²) >= 11 is 11.0. The summed E-state index contributed by atoms with van der Waals surface area (Å²) in [6.45, 7) is 5.23. The van der Waals surface area contributed by atoms with Crippen molar-refractivity contribution >= 4 is 23.2 Å². The van der Waals surface area contributed by atoms with Gasteiger partial charge in [0.15, 0.2) is 0 Å². The predicted molar refractivity (Wildman–Crippen MR) is 34.6 cm³/mol. The maximum absolute atomic E-state index is 5.49. The average molecular weight is 138 g/mol. The average Bonchev–Trinajstić information content (AvgIpc) is 1.65. The third-order valence-electron chi connectivity index (χ3n) is 0.575. The Morgan fingerprint density at radius 3 is 2.29 bits per heavy atom. The molecule has 0 aromatic heterocycles. The molecule has 0 aliphatic heterocycles. The number of alkyl halides is 1. The Balaban J connectivity index is 3.33. The van der Waals surface area contributed by atoms with Crippen molar-refractivity contribution in [3.8, 4) is 0 Å². The molecule has 0 amide bonds. The molecule has 41 valence electrons. The van der Waals surface area contributed by atoms with E-state index in [1.807, 2.05) is 0 Å². The molecule has 0 saturated heterocycles. The van der Waals surface area contributed by atoms with E-state index in [0.29, 0.717) is 5.38 Å². The molecule has 1 radical (unpaired) electrons. The minimum Gasteiger partial charge on any atom is -0.121 e. The lowest BCUT2D eigenvalue weighted by atomic mass is 10.3. The van der Waals surface area contributed by atoms with E-state index in [9.17, 15) is 0 Å². The number of halogens is 2. The quantitative estimate of drug-likeness (QED) is 0.514. The lowest BCUT2D eigenvalue weighted by Gasteiger charge is -2.00. The van der Waals surface area contributed by atoms with E-state index < -0.39 is 0 Å². The molecule has 0 bridgehead atoms. The largest absolute Gasteiger partial charge is 0.121 e. The van der Waals surface area contributed by atoms with Gasteiger partial charge >= 0.3 is 0 Å². The van der Waals surface area contributed by atoms with Crippen molar-refractivity contribution in [3.63, 3.8) is 0 Å². The van der Waals surface area contributed by atoms with Crippen molar-refractivity contribution in [1.82, 2.24) is 0 Å². The molecule has 0 N–H and O–H groups in total. The highest BCUT2D eigenvalue weighted by Crippen LogP contribution is 2.17. The first-order chi connectivity index (χ1) is 3.18. The van der Waals surface area contributed by atoms with Gasteiger partial charge < -0.3 is 0 Å². The van der Waals surface area contributed by atoms with Crippen LogP contribution in [0.2, 0.25) is 0 Å². The Morgan fingerprint density at radius 2 is 2.29 bits per heavy atom. The summed E-state index contributed by atoms with van der Waals surface area (Å²) < 4.78 is 0. The van der Waals surface area contributed by atoms with Crippen LogP contribution in [0.15, 0.2) is 12.7 Å². The minimum atomic E-state index is -0.0980. The molecule has 0 saturated carbocycles. The summed E-state index contributed by atoms with van der Waals surface area (Å²) in [7, 11) is 0. The molecule has 0 aromatic carbocycles. The van der Waals surface area contributed by atoms with E-state index >= 15 is 0 Å². The van der Waals surface area contributed by atoms with Crippen molar-refractivity contribution in [3.05, 3.63) is 18.0 Å². The van der Waals surface area contributed by atoms with Gasteiger partial charge in [0.05, 0.1) is 5.38 Å². The van der Waals surface area contributed by atoms with Gasteiger partial charge in [-0.05, 0) is 6.92 Å². The summed E-state index contributed by atoms with van der Waals surface area (Å²) in [5, 5.41) is 0.501. The third kappa shape index (κ3) is 2.95. The van der Waals surface area contributed by atoms with Crippen molar-refractivity contribution in [2.45, 2.75) is 12.3 Å². The van der Waals surface area contributed by atoms with Gasteiger partial charge in [0.2, 0.25) is 0 Å². The SMILES string of the molecule is C=C[C](Cl)C(C)Cl. The monoisotopic (exact) mass is 137 g/mol. The molecule has 0 aromatic rings. The number of allylic oxidation sites excluding steroid dienone is 1. The van der Waals surface area contributed by atoms with Crippen LogP contribution in [0.1, 0.15) is 6.92 Å². The van der Waals surface area contributed by atoms with E-state index in [4.69, 9.17) is 23.2 Å². The second kappa shape index (κ2) is 3.34. The zero-order valence-electron chi connectivity index (χ0n) is 4.12. The summed E-state index contributed by atoms with van der Waals surface area (Å²) in [5.41, 5.74) is 0. The molecule has 7 heavy (non-hydrogen) atoms. The lowest BCUT2D eigenvalue weighted by Crippen LogP contribution is -1.95. The summed E-state index contributed by atoms with van der Waals surface area (Å²) in [6, 6.07) is 0. The van der Waals surface area contributed by atoms with Gasteiger partial charge in [0.1, 0.15) is 5.38 Å². The Labute approximate surface area is 54.1 Å². The highest BCUT2D eigenvalue weighted by atomic mass is 35.5. The van der Waals surface area contributed by atoms with Crippen molar-refractivity contribution in [2.75, 3.05) is 0 Å². The number of hydrogen-bond acceptors (Lipinski definition) is 0. The Hall–Kier alpha value is 0.320. The lowest BCUT2D eigenvalue weighted by molar-refractivity contribution is 1.12. The van der Waals surface area contributed by atoms with Gasteiger partial charge in [-0.15, -0.1) is 29.8 Å². The summed E-state index contributed by atoms with van der Waals surface area (Å²) in [6.07, 6.45) is 1.54. The zero-order chi connectivity index (χ0) is 5.86. The van der Waals surface area contributed by atoms with Gasteiger partial charge in [-0.25, -0.2) is 0 Å². The maximum Gasteiger partial charge on any atom is 0.102 e. The smallest absolute Gasteiger partial charge is 0.102 e. The normalized spacial score (nSPS) is 14.3. The molecule has 0 aliphatic carbocycles. The first kappa shape index (κ1) is 7.32. The van der Waals surface area contributed by atoms with E-state index in [2.05, 4.69) is 6.58 Å². The van der Waals surface area contributed by atoms with E-state index in [-0.39, 0.29) is 5.38 Å². The van der Waals surface area contributed by atoms with Crippen LogP contribution in [0.3, 0.4) is 0 Å². The van der Waals surface area contributed by atoms with Crippen molar-refractivity contribution in [1.29, 1.82) is 0 Å². The van der Waals surface area contributed by atoms with E-state index in [1.165, 1.54) is 0 Å². The van der Waals surface area contributed by atoms with Crippen LogP contribution in [0.25, 0.3) is 0 Å². The van der Waals surface area contributed by atoms with E-state index in [0.717, 1.165) is 0 Å². The van der Waals surface area contributed by atoms with Gasteiger partial charge in [-0.3, -0.25) is 0 Å². The Kier molecular flexibility index (Phi) is 3.49. The molecular formula is C5H7Cl2. The van der Waals surface area contributed by atoms with Crippen LogP contribution in [0, 0.1) is 5.38 Å². The Bertz CT molecular complexity index is 59.1. The fraction of sp³-hybridized carbons (Fsp3) is 0.400.